The summed E-state index contributed by atoms with van der Waals surface area (Å²) < 4.78 is 0. The zero-order chi connectivity index (χ0) is 12.7. The van der Waals surface area contributed by atoms with Gasteiger partial charge in [-0.15, -0.1) is 0 Å². The first-order chi connectivity index (χ1) is 8.13. The van der Waals surface area contributed by atoms with Crippen LogP contribution in [0.1, 0.15) is 40.0 Å². The lowest BCUT2D eigenvalue weighted by atomic mass is 10.1. The van der Waals surface area contributed by atoms with Crippen molar-refractivity contribution in [1.29, 1.82) is 0 Å². The molecule has 1 rings (SSSR count). The topological polar surface area (TPSA) is 47.9 Å². The molecular weight excluding hydrogens is 214 g/mol. The summed E-state index contributed by atoms with van der Waals surface area (Å²) in [6.45, 7) is 9.96. The number of aliphatic imine (C=N–C) groups is 1. The zero-order valence-corrected chi connectivity index (χ0v) is 11.4. The predicted molar refractivity (Wildman–Crippen MR) is 72.2 cm³/mol. The Hall–Kier alpha value is -0.770. The van der Waals surface area contributed by atoms with E-state index in [1.54, 1.807) is 0 Å². The summed E-state index contributed by atoms with van der Waals surface area (Å²) in [6.07, 6.45) is 3.04. The number of hydrogen-bond acceptors (Lipinski definition) is 2. The van der Waals surface area contributed by atoms with Crippen molar-refractivity contribution in [1.82, 2.24) is 10.2 Å². The van der Waals surface area contributed by atoms with Crippen LogP contribution >= 0.6 is 0 Å². The van der Waals surface area contributed by atoms with Gasteiger partial charge in [0.25, 0.3) is 0 Å². The number of likely N-dealkylation sites (tertiary alicyclic amines) is 1. The second-order valence-corrected chi connectivity index (χ2v) is 5.16. The minimum absolute atomic E-state index is 0.186. The second-order valence-electron chi connectivity index (χ2n) is 5.16. The van der Waals surface area contributed by atoms with Crippen LogP contribution in [-0.2, 0) is 0 Å². The Kier molecular flexibility index (Phi) is 6.34. The van der Waals surface area contributed by atoms with Gasteiger partial charge in [0, 0.05) is 26.2 Å². The molecule has 1 aliphatic heterocycles. The molecule has 1 heterocycles. The molecule has 0 aliphatic carbocycles. The highest BCUT2D eigenvalue weighted by Gasteiger charge is 2.22. The first-order valence-electron chi connectivity index (χ1n) is 6.84. The normalized spacial score (nSPS) is 21.4. The van der Waals surface area contributed by atoms with E-state index >= 15 is 0 Å². The van der Waals surface area contributed by atoms with Crippen molar-refractivity contribution in [2.75, 3.05) is 26.2 Å². The molecule has 4 heteroatoms. The van der Waals surface area contributed by atoms with Crippen LogP contribution in [0.15, 0.2) is 4.99 Å². The Bertz CT molecular complexity index is 241. The zero-order valence-electron chi connectivity index (χ0n) is 11.4. The van der Waals surface area contributed by atoms with Crippen molar-refractivity contribution in [3.63, 3.8) is 0 Å². The summed E-state index contributed by atoms with van der Waals surface area (Å²) in [5.41, 5.74) is 0. The first-order valence-corrected chi connectivity index (χ1v) is 6.84. The summed E-state index contributed by atoms with van der Waals surface area (Å²) in [5.74, 6) is 1.72. The lowest BCUT2D eigenvalue weighted by molar-refractivity contribution is 0.188. The standard InChI is InChI=1S/C13H27N3O/c1-4-14-13(15-8-5-6-11(2)3)16-9-7-12(17)10-16/h11-12,17H,4-10H2,1-3H3,(H,14,15)/t12-/m1/s1. The van der Waals surface area contributed by atoms with E-state index in [0.29, 0.717) is 0 Å². The third-order valence-electron chi connectivity index (χ3n) is 3.00. The van der Waals surface area contributed by atoms with E-state index in [0.717, 1.165) is 50.9 Å². The van der Waals surface area contributed by atoms with Gasteiger partial charge < -0.3 is 15.3 Å². The maximum Gasteiger partial charge on any atom is 0.194 e. The number of nitrogens with one attached hydrogen (secondary N) is 1. The SMILES string of the molecule is CCNC(=NCCCC(C)C)N1CC[C@@H](O)C1. The lowest BCUT2D eigenvalue weighted by Gasteiger charge is -2.20. The van der Waals surface area contributed by atoms with Crippen LogP contribution in [0.3, 0.4) is 0 Å². The smallest absolute Gasteiger partial charge is 0.194 e. The van der Waals surface area contributed by atoms with Crippen molar-refractivity contribution in [3.05, 3.63) is 0 Å². The predicted octanol–water partition coefficient (Wildman–Crippen LogP) is 1.45. The monoisotopic (exact) mass is 241 g/mol. The van der Waals surface area contributed by atoms with Gasteiger partial charge in [-0.25, -0.2) is 0 Å². The summed E-state index contributed by atoms with van der Waals surface area (Å²) in [7, 11) is 0. The van der Waals surface area contributed by atoms with E-state index in [-0.39, 0.29) is 6.10 Å². The summed E-state index contributed by atoms with van der Waals surface area (Å²) >= 11 is 0. The van der Waals surface area contributed by atoms with Crippen LogP contribution in [0.4, 0.5) is 0 Å². The summed E-state index contributed by atoms with van der Waals surface area (Å²) in [6, 6.07) is 0. The highest BCUT2D eigenvalue weighted by molar-refractivity contribution is 5.80. The molecule has 0 radical (unpaired) electrons. The number of aliphatic hydroxyl groups is 1. The highest BCUT2D eigenvalue weighted by Crippen LogP contribution is 2.09. The lowest BCUT2D eigenvalue weighted by Crippen LogP contribution is -2.40. The molecule has 100 valence electrons. The number of guanidine groups is 1. The van der Waals surface area contributed by atoms with E-state index in [1.807, 2.05) is 0 Å². The molecule has 4 nitrogen and oxygen atoms in total. The van der Waals surface area contributed by atoms with Crippen molar-refractivity contribution in [2.24, 2.45) is 10.9 Å². The molecule has 2 N–H and O–H groups in total. The molecule has 0 saturated carbocycles. The Morgan fingerprint density at radius 1 is 1.53 bits per heavy atom. The van der Waals surface area contributed by atoms with Crippen molar-refractivity contribution >= 4 is 5.96 Å². The number of nitrogens with zero attached hydrogens (tertiary/aromatic N) is 2. The molecule has 0 bridgehead atoms. The molecule has 0 aromatic carbocycles. The van der Waals surface area contributed by atoms with Crippen LogP contribution in [0.5, 0.6) is 0 Å². The molecule has 0 amide bonds. The van der Waals surface area contributed by atoms with Gasteiger partial charge in [-0.05, 0) is 32.1 Å². The van der Waals surface area contributed by atoms with Gasteiger partial charge in [0.15, 0.2) is 5.96 Å². The average Bonchev–Trinajstić information content (AvgIpc) is 2.69. The van der Waals surface area contributed by atoms with Crippen LogP contribution in [0, 0.1) is 5.92 Å². The minimum Gasteiger partial charge on any atom is -0.391 e. The van der Waals surface area contributed by atoms with Crippen LogP contribution < -0.4 is 5.32 Å². The van der Waals surface area contributed by atoms with E-state index in [2.05, 4.69) is 36.0 Å². The first kappa shape index (κ1) is 14.3. The third-order valence-corrected chi connectivity index (χ3v) is 3.00. The Labute approximate surface area is 105 Å². The maximum atomic E-state index is 9.54. The number of aliphatic hydroxyl groups excluding tert-OH is 1. The van der Waals surface area contributed by atoms with Crippen LogP contribution in [0.25, 0.3) is 0 Å². The molecule has 1 fully saturated rings. The van der Waals surface area contributed by atoms with Crippen molar-refractivity contribution in [2.45, 2.75) is 46.1 Å². The quantitative estimate of drug-likeness (QED) is 0.435. The van der Waals surface area contributed by atoms with E-state index in [4.69, 9.17) is 0 Å². The van der Waals surface area contributed by atoms with Gasteiger partial charge in [-0.1, -0.05) is 13.8 Å². The third kappa shape index (κ3) is 5.39. The molecule has 0 unspecified atom stereocenters. The molecule has 1 aliphatic rings. The fraction of sp³-hybridized carbons (Fsp3) is 0.923. The second kappa shape index (κ2) is 7.54. The summed E-state index contributed by atoms with van der Waals surface area (Å²) in [4.78, 5) is 6.78. The Morgan fingerprint density at radius 3 is 2.82 bits per heavy atom. The van der Waals surface area contributed by atoms with Crippen LogP contribution in [0.2, 0.25) is 0 Å². The number of hydrogen-bond donors (Lipinski definition) is 2. The molecule has 17 heavy (non-hydrogen) atoms. The number of rotatable bonds is 5. The molecule has 0 aromatic heterocycles. The molecule has 0 aromatic rings. The van der Waals surface area contributed by atoms with E-state index < -0.39 is 0 Å². The van der Waals surface area contributed by atoms with Gasteiger partial charge in [0.2, 0.25) is 0 Å². The van der Waals surface area contributed by atoms with Gasteiger partial charge in [0.1, 0.15) is 0 Å². The Balaban J connectivity index is 2.38. The largest absolute Gasteiger partial charge is 0.391 e. The molecule has 1 atom stereocenters. The highest BCUT2D eigenvalue weighted by atomic mass is 16.3. The van der Waals surface area contributed by atoms with E-state index in [9.17, 15) is 5.11 Å². The Morgan fingerprint density at radius 2 is 2.29 bits per heavy atom. The minimum atomic E-state index is -0.186. The van der Waals surface area contributed by atoms with Gasteiger partial charge in [-0.2, -0.15) is 0 Å². The van der Waals surface area contributed by atoms with Crippen LogP contribution in [-0.4, -0.2) is 48.2 Å². The number of β-amino-alcohol motifs (C(OH)–C–C–N with tert-alkyl or cyclic N) is 1. The van der Waals surface area contributed by atoms with Gasteiger partial charge in [0.05, 0.1) is 6.10 Å². The fourth-order valence-corrected chi connectivity index (χ4v) is 2.04. The average molecular weight is 241 g/mol. The van der Waals surface area contributed by atoms with Crippen molar-refractivity contribution in [3.8, 4) is 0 Å². The summed E-state index contributed by atoms with van der Waals surface area (Å²) in [5, 5.41) is 12.8. The molecular formula is C13H27N3O. The van der Waals surface area contributed by atoms with E-state index in [1.165, 1.54) is 6.42 Å². The van der Waals surface area contributed by atoms with Gasteiger partial charge in [-0.3, -0.25) is 4.99 Å². The fourth-order valence-electron chi connectivity index (χ4n) is 2.04. The van der Waals surface area contributed by atoms with Crippen molar-refractivity contribution < 1.29 is 5.11 Å². The molecule has 0 spiro atoms. The van der Waals surface area contributed by atoms with Gasteiger partial charge >= 0.3 is 0 Å². The molecule has 1 saturated heterocycles. The maximum absolute atomic E-state index is 9.54.